The van der Waals surface area contributed by atoms with Crippen LogP contribution in [0, 0.1) is 13.8 Å². The van der Waals surface area contributed by atoms with Crippen LogP contribution < -0.4 is 10.5 Å². The second-order valence-electron chi connectivity index (χ2n) is 5.10. The Bertz CT molecular complexity index is 422. The summed E-state index contributed by atoms with van der Waals surface area (Å²) in [5.41, 5.74) is 9.67. The maximum Gasteiger partial charge on any atom is 0.125 e. The van der Waals surface area contributed by atoms with Crippen molar-refractivity contribution in [1.82, 2.24) is 0 Å². The minimum absolute atomic E-state index is 0.0614. The fourth-order valence-corrected chi connectivity index (χ4v) is 2.58. The zero-order valence-electron chi connectivity index (χ0n) is 11.0. The third kappa shape index (κ3) is 1.83. The van der Waals surface area contributed by atoms with E-state index >= 15 is 0 Å². The summed E-state index contributed by atoms with van der Waals surface area (Å²) >= 11 is 0. The lowest BCUT2D eigenvalue weighted by molar-refractivity contribution is -0.0711. The van der Waals surface area contributed by atoms with Crippen LogP contribution in [0.15, 0.2) is 12.1 Å². The van der Waals surface area contributed by atoms with Crippen LogP contribution in [0.4, 0.5) is 0 Å². The molecule has 1 aromatic rings. The first-order valence-electron chi connectivity index (χ1n) is 6.00. The van der Waals surface area contributed by atoms with Crippen molar-refractivity contribution in [3.05, 3.63) is 28.8 Å². The summed E-state index contributed by atoms with van der Waals surface area (Å²) in [5, 5.41) is 0. The van der Waals surface area contributed by atoms with Crippen LogP contribution in [-0.4, -0.2) is 26.4 Å². The fraction of sp³-hybridized carbons (Fsp3) is 0.571. The molecular weight excluding hydrogens is 214 g/mol. The lowest BCUT2D eigenvalue weighted by Crippen LogP contribution is -2.57. The Hall–Kier alpha value is -1.06. The van der Waals surface area contributed by atoms with Gasteiger partial charge in [0.05, 0.1) is 25.7 Å². The summed E-state index contributed by atoms with van der Waals surface area (Å²) in [6.45, 7) is 7.58. The Labute approximate surface area is 103 Å². The van der Waals surface area contributed by atoms with Crippen molar-refractivity contribution in [2.24, 2.45) is 5.73 Å². The number of ether oxygens (including phenoxy) is 2. The van der Waals surface area contributed by atoms with Gasteiger partial charge in [0.1, 0.15) is 5.75 Å². The average Bonchev–Trinajstić information content (AvgIpc) is 2.14. The first kappa shape index (κ1) is 12.4. The summed E-state index contributed by atoms with van der Waals surface area (Å²) in [6, 6.07) is 4.38. The molecular formula is C14H21NO2. The molecule has 1 atom stereocenters. The van der Waals surface area contributed by atoms with E-state index in [-0.39, 0.29) is 11.5 Å². The number of rotatable bonds is 3. The minimum atomic E-state index is -0.0812. The quantitative estimate of drug-likeness (QED) is 0.870. The first-order valence-corrected chi connectivity index (χ1v) is 6.00. The number of nitrogens with two attached hydrogens (primary N) is 1. The molecule has 0 aromatic heterocycles. The van der Waals surface area contributed by atoms with E-state index in [1.165, 1.54) is 11.1 Å². The van der Waals surface area contributed by atoms with Gasteiger partial charge in [0.2, 0.25) is 0 Å². The molecule has 17 heavy (non-hydrogen) atoms. The van der Waals surface area contributed by atoms with E-state index in [0.29, 0.717) is 13.2 Å². The number of benzene rings is 1. The normalized spacial score (nSPS) is 19.6. The van der Waals surface area contributed by atoms with Crippen LogP contribution in [0.3, 0.4) is 0 Å². The third-order valence-corrected chi connectivity index (χ3v) is 3.75. The number of hydrogen-bond acceptors (Lipinski definition) is 3. The topological polar surface area (TPSA) is 44.5 Å². The van der Waals surface area contributed by atoms with Gasteiger partial charge in [-0.15, -0.1) is 0 Å². The van der Waals surface area contributed by atoms with Crippen LogP contribution in [0.5, 0.6) is 5.75 Å². The molecule has 1 unspecified atom stereocenters. The Morgan fingerprint density at radius 3 is 2.41 bits per heavy atom. The van der Waals surface area contributed by atoms with E-state index in [4.69, 9.17) is 15.2 Å². The summed E-state index contributed by atoms with van der Waals surface area (Å²) in [4.78, 5) is 0. The van der Waals surface area contributed by atoms with Gasteiger partial charge in [0.15, 0.2) is 0 Å². The first-order chi connectivity index (χ1) is 8.01. The molecule has 1 aromatic carbocycles. The predicted molar refractivity (Wildman–Crippen MR) is 68.6 cm³/mol. The molecule has 0 amide bonds. The highest BCUT2D eigenvalue weighted by Crippen LogP contribution is 2.41. The Morgan fingerprint density at radius 1 is 1.35 bits per heavy atom. The van der Waals surface area contributed by atoms with E-state index in [1.807, 2.05) is 6.92 Å². The van der Waals surface area contributed by atoms with Crippen LogP contribution in [0.2, 0.25) is 0 Å². The Balaban J connectivity index is 2.57. The molecule has 1 heterocycles. The van der Waals surface area contributed by atoms with Gasteiger partial charge >= 0.3 is 0 Å². The van der Waals surface area contributed by atoms with Crippen molar-refractivity contribution >= 4 is 0 Å². The molecule has 0 radical (unpaired) electrons. The third-order valence-electron chi connectivity index (χ3n) is 3.75. The van der Waals surface area contributed by atoms with Crippen LogP contribution >= 0.6 is 0 Å². The molecule has 94 valence electrons. The van der Waals surface area contributed by atoms with Gasteiger partial charge in [-0.1, -0.05) is 17.7 Å². The Morgan fingerprint density at radius 2 is 2.00 bits per heavy atom. The molecule has 0 saturated carbocycles. The van der Waals surface area contributed by atoms with Gasteiger partial charge in [-0.2, -0.15) is 0 Å². The SMILES string of the molecule is COc1c(C)cc(C)cc1C1(C(C)N)COC1. The summed E-state index contributed by atoms with van der Waals surface area (Å²) in [6.07, 6.45) is 0. The highest BCUT2D eigenvalue weighted by Gasteiger charge is 2.45. The van der Waals surface area contributed by atoms with E-state index in [2.05, 4.69) is 26.0 Å². The smallest absolute Gasteiger partial charge is 0.125 e. The molecule has 0 bridgehead atoms. The van der Waals surface area contributed by atoms with E-state index < -0.39 is 0 Å². The molecule has 0 spiro atoms. The van der Waals surface area contributed by atoms with Gasteiger partial charge in [-0.3, -0.25) is 0 Å². The van der Waals surface area contributed by atoms with Crippen molar-refractivity contribution in [3.63, 3.8) is 0 Å². The maximum atomic E-state index is 6.15. The van der Waals surface area contributed by atoms with Gasteiger partial charge in [-0.25, -0.2) is 0 Å². The van der Waals surface area contributed by atoms with Crippen molar-refractivity contribution < 1.29 is 9.47 Å². The molecule has 1 aliphatic heterocycles. The average molecular weight is 235 g/mol. The molecule has 0 aliphatic carbocycles. The van der Waals surface area contributed by atoms with Crippen LogP contribution in [0.1, 0.15) is 23.6 Å². The molecule has 1 saturated heterocycles. The molecule has 2 rings (SSSR count). The molecule has 1 fully saturated rings. The van der Waals surface area contributed by atoms with Gasteiger partial charge in [-0.05, 0) is 26.3 Å². The van der Waals surface area contributed by atoms with Crippen molar-refractivity contribution in [3.8, 4) is 5.75 Å². The highest BCUT2D eigenvalue weighted by molar-refractivity contribution is 5.49. The lowest BCUT2D eigenvalue weighted by Gasteiger charge is -2.45. The zero-order chi connectivity index (χ0) is 12.6. The van der Waals surface area contributed by atoms with E-state index in [9.17, 15) is 0 Å². The monoisotopic (exact) mass is 235 g/mol. The van der Waals surface area contributed by atoms with Crippen molar-refractivity contribution in [2.75, 3.05) is 20.3 Å². The summed E-state index contributed by atoms with van der Waals surface area (Å²) < 4.78 is 10.9. The Kier molecular flexibility index (Phi) is 3.15. The number of aryl methyl sites for hydroxylation is 2. The fourth-order valence-electron chi connectivity index (χ4n) is 2.58. The standard InChI is InChI=1S/C14H21NO2/c1-9-5-10(2)13(16-4)12(6-9)14(11(3)15)7-17-8-14/h5-6,11H,7-8,15H2,1-4H3. The summed E-state index contributed by atoms with van der Waals surface area (Å²) in [5.74, 6) is 0.955. The molecule has 2 N–H and O–H groups in total. The van der Waals surface area contributed by atoms with E-state index in [1.54, 1.807) is 7.11 Å². The number of methoxy groups -OCH3 is 1. The largest absolute Gasteiger partial charge is 0.496 e. The van der Waals surface area contributed by atoms with Crippen molar-refractivity contribution in [2.45, 2.75) is 32.2 Å². The lowest BCUT2D eigenvalue weighted by atomic mass is 9.72. The summed E-state index contributed by atoms with van der Waals surface area (Å²) in [7, 11) is 1.72. The zero-order valence-corrected chi connectivity index (χ0v) is 11.0. The van der Waals surface area contributed by atoms with Gasteiger partial charge in [0.25, 0.3) is 0 Å². The van der Waals surface area contributed by atoms with Crippen LogP contribution in [0.25, 0.3) is 0 Å². The maximum absolute atomic E-state index is 6.15. The minimum Gasteiger partial charge on any atom is -0.496 e. The van der Waals surface area contributed by atoms with Crippen LogP contribution in [-0.2, 0) is 10.2 Å². The highest BCUT2D eigenvalue weighted by atomic mass is 16.5. The van der Waals surface area contributed by atoms with E-state index in [0.717, 1.165) is 11.3 Å². The molecule has 3 nitrogen and oxygen atoms in total. The molecule has 3 heteroatoms. The van der Waals surface area contributed by atoms with Gasteiger partial charge in [0, 0.05) is 11.6 Å². The van der Waals surface area contributed by atoms with Crippen molar-refractivity contribution in [1.29, 1.82) is 0 Å². The second-order valence-corrected chi connectivity index (χ2v) is 5.10. The second kappa shape index (κ2) is 4.31. The van der Waals surface area contributed by atoms with Gasteiger partial charge < -0.3 is 15.2 Å². The molecule has 1 aliphatic rings. The number of hydrogen-bond donors (Lipinski definition) is 1. The predicted octanol–water partition coefficient (Wildman–Crippen LogP) is 1.93.